The number of anilines is 1. The van der Waals surface area contributed by atoms with Crippen LogP contribution in [-0.4, -0.2) is 66.2 Å². The molecule has 5 aromatic rings. The van der Waals surface area contributed by atoms with Gasteiger partial charge in [0.25, 0.3) is 5.91 Å². The molecule has 1 amide bonds. The zero-order valence-corrected chi connectivity index (χ0v) is 28.0. The summed E-state index contributed by atoms with van der Waals surface area (Å²) in [6, 6.07) is 33.3. The second-order valence-electron chi connectivity index (χ2n) is 11.1. The first kappa shape index (κ1) is 32.0. The van der Waals surface area contributed by atoms with Crippen LogP contribution in [0.2, 0.25) is 5.02 Å². The van der Waals surface area contributed by atoms with E-state index >= 15 is 0 Å². The highest BCUT2D eigenvalue weighted by atomic mass is 35.5. The van der Waals surface area contributed by atoms with Gasteiger partial charge < -0.3 is 4.74 Å². The Bertz CT molecular complexity index is 2100. The summed E-state index contributed by atoms with van der Waals surface area (Å²) in [4.78, 5) is 15.2. The van der Waals surface area contributed by atoms with E-state index in [4.69, 9.17) is 26.5 Å². The number of morpholine rings is 1. The molecule has 0 aliphatic carbocycles. The van der Waals surface area contributed by atoms with Crippen LogP contribution in [0.25, 0.3) is 23.0 Å². The van der Waals surface area contributed by atoms with E-state index in [1.165, 1.54) is 9.31 Å². The van der Waals surface area contributed by atoms with Crippen LogP contribution in [0.5, 0.6) is 0 Å². The molecule has 0 atom stereocenters. The van der Waals surface area contributed by atoms with Crippen LogP contribution in [0.4, 0.5) is 5.69 Å². The second-order valence-corrected chi connectivity index (χ2v) is 14.5. The summed E-state index contributed by atoms with van der Waals surface area (Å²) < 4.78 is 35.1. The summed E-state index contributed by atoms with van der Waals surface area (Å²) in [6.07, 6.45) is 3.70. The molecule has 0 bridgehead atoms. The fourth-order valence-corrected chi connectivity index (χ4v) is 7.82. The molecular weight excluding hydrogens is 666 g/mol. The molecule has 0 saturated carbocycles. The first-order chi connectivity index (χ1) is 23.4. The molecule has 1 aromatic heterocycles. The molecule has 2 aliphatic rings. The summed E-state index contributed by atoms with van der Waals surface area (Å²) >= 11 is 7.66. The van der Waals surface area contributed by atoms with Gasteiger partial charge in [0.05, 0.1) is 46.5 Å². The number of sulfonamides is 1. The van der Waals surface area contributed by atoms with Crippen molar-refractivity contribution in [2.24, 2.45) is 5.10 Å². The van der Waals surface area contributed by atoms with E-state index in [1.54, 1.807) is 40.7 Å². The van der Waals surface area contributed by atoms with Crippen LogP contribution < -0.4 is 5.01 Å². The first-order valence-corrected chi connectivity index (χ1v) is 18.1. The second kappa shape index (κ2) is 13.9. The van der Waals surface area contributed by atoms with Gasteiger partial charge in [-0.3, -0.25) is 4.79 Å². The molecule has 0 N–H and O–H groups in total. The number of para-hydroxylation sites is 2. The topological polar surface area (TPSA) is 97.1 Å². The molecule has 7 rings (SSSR count). The molecular formula is C36H30ClN5O4S2. The summed E-state index contributed by atoms with van der Waals surface area (Å²) in [5, 5.41) is 11.8. The van der Waals surface area contributed by atoms with Gasteiger partial charge in [-0.2, -0.15) is 19.5 Å². The summed E-state index contributed by atoms with van der Waals surface area (Å²) in [5.74, 6) is 0.192. The van der Waals surface area contributed by atoms with E-state index in [9.17, 15) is 13.2 Å². The molecule has 0 radical (unpaired) electrons. The maximum atomic E-state index is 14.0. The molecule has 2 aliphatic heterocycles. The van der Waals surface area contributed by atoms with E-state index in [0.29, 0.717) is 70.9 Å². The Morgan fingerprint density at radius 2 is 1.48 bits per heavy atom. The monoisotopic (exact) mass is 695 g/mol. The average molecular weight is 696 g/mol. The number of hydrazone groups is 1. The number of hydrogen-bond acceptors (Lipinski definition) is 7. The fraction of sp³-hybridized carbons (Fsp3) is 0.139. The van der Waals surface area contributed by atoms with Crippen molar-refractivity contribution in [3.63, 3.8) is 0 Å². The predicted molar refractivity (Wildman–Crippen MR) is 190 cm³/mol. The number of rotatable bonds is 9. The van der Waals surface area contributed by atoms with Crippen molar-refractivity contribution in [1.82, 2.24) is 14.1 Å². The third-order valence-electron chi connectivity index (χ3n) is 7.94. The smallest absolute Gasteiger partial charge is 0.280 e. The minimum atomic E-state index is -3.67. The van der Waals surface area contributed by atoms with Gasteiger partial charge in [-0.15, -0.1) is 11.8 Å². The van der Waals surface area contributed by atoms with Gasteiger partial charge in [-0.05, 0) is 66.7 Å². The van der Waals surface area contributed by atoms with Crippen molar-refractivity contribution in [2.75, 3.05) is 37.1 Å². The highest BCUT2D eigenvalue weighted by Gasteiger charge is 2.32. The quantitative estimate of drug-likeness (QED) is 0.124. The first-order valence-electron chi connectivity index (χ1n) is 15.3. The van der Waals surface area contributed by atoms with E-state index in [-0.39, 0.29) is 10.8 Å². The Hall–Kier alpha value is -4.52. The molecule has 0 spiro atoms. The lowest BCUT2D eigenvalue weighted by atomic mass is 10.0. The largest absolute Gasteiger partial charge is 0.379 e. The summed E-state index contributed by atoms with van der Waals surface area (Å²) in [7, 11) is -3.67. The highest BCUT2D eigenvalue weighted by molar-refractivity contribution is 8.00. The van der Waals surface area contributed by atoms with E-state index in [1.807, 2.05) is 97.2 Å². The predicted octanol–water partition coefficient (Wildman–Crippen LogP) is 6.79. The number of nitrogens with zero attached hydrogens (tertiary/aromatic N) is 5. The Morgan fingerprint density at radius 1 is 0.833 bits per heavy atom. The lowest BCUT2D eigenvalue weighted by Crippen LogP contribution is -2.40. The maximum absolute atomic E-state index is 14.0. The molecule has 1 saturated heterocycles. The molecule has 9 nitrogen and oxygen atoms in total. The Balaban J connectivity index is 1.28. The zero-order valence-electron chi connectivity index (χ0n) is 25.6. The number of aromatic nitrogens is 2. The van der Waals surface area contributed by atoms with Crippen molar-refractivity contribution in [3.8, 4) is 16.9 Å². The minimum Gasteiger partial charge on any atom is -0.379 e. The van der Waals surface area contributed by atoms with E-state index in [0.717, 1.165) is 10.6 Å². The van der Waals surface area contributed by atoms with Crippen LogP contribution in [0.15, 0.2) is 136 Å². The van der Waals surface area contributed by atoms with Crippen LogP contribution in [0.3, 0.4) is 0 Å². The molecule has 3 heterocycles. The van der Waals surface area contributed by atoms with Gasteiger partial charge >= 0.3 is 0 Å². The zero-order chi connectivity index (χ0) is 33.1. The number of carbonyl (C=O) groups is 1. The number of hydrogen-bond donors (Lipinski definition) is 0. The number of halogens is 1. The van der Waals surface area contributed by atoms with Gasteiger partial charge in [0.2, 0.25) is 10.0 Å². The number of benzene rings is 4. The van der Waals surface area contributed by atoms with Crippen LogP contribution in [0, 0.1) is 0 Å². The van der Waals surface area contributed by atoms with Crippen molar-refractivity contribution >= 4 is 56.8 Å². The van der Waals surface area contributed by atoms with E-state index in [2.05, 4.69) is 0 Å². The molecule has 0 unspecified atom stereocenters. The third-order valence-corrected chi connectivity index (χ3v) is 11.1. The van der Waals surface area contributed by atoms with Crippen molar-refractivity contribution in [3.05, 3.63) is 132 Å². The SMILES string of the molecule is O=C1C(=Cc2cn(-c3ccccc3)nc2-c2ccc(S(=O)(=O)N3CCOCC3)cc2)C(CSc2ccc(Cl)cc2)=NN1c1ccccc1. The molecule has 48 heavy (non-hydrogen) atoms. The Morgan fingerprint density at radius 3 is 2.15 bits per heavy atom. The van der Waals surface area contributed by atoms with Gasteiger partial charge in [0.15, 0.2) is 0 Å². The van der Waals surface area contributed by atoms with Gasteiger partial charge in [0, 0.05) is 46.1 Å². The summed E-state index contributed by atoms with van der Waals surface area (Å²) in [6.45, 7) is 1.38. The minimum absolute atomic E-state index is 0.202. The normalized spacial score (nSPS) is 16.4. The Labute approximate surface area is 288 Å². The van der Waals surface area contributed by atoms with Crippen LogP contribution in [0.1, 0.15) is 5.56 Å². The fourth-order valence-electron chi connectivity index (χ4n) is 5.44. The Kier molecular flexibility index (Phi) is 9.29. The number of amides is 1. The molecule has 12 heteroatoms. The number of carbonyl (C=O) groups excluding carboxylic acids is 1. The molecule has 1 fully saturated rings. The average Bonchev–Trinajstić information content (AvgIpc) is 3.70. The highest BCUT2D eigenvalue weighted by Crippen LogP contribution is 2.32. The maximum Gasteiger partial charge on any atom is 0.280 e. The molecule has 4 aromatic carbocycles. The summed E-state index contributed by atoms with van der Waals surface area (Å²) in [5.41, 5.74) is 4.55. The van der Waals surface area contributed by atoms with E-state index < -0.39 is 10.0 Å². The van der Waals surface area contributed by atoms with Crippen molar-refractivity contribution in [1.29, 1.82) is 0 Å². The lowest BCUT2D eigenvalue weighted by Gasteiger charge is -2.26. The van der Waals surface area contributed by atoms with Crippen LogP contribution in [-0.2, 0) is 19.6 Å². The van der Waals surface area contributed by atoms with Crippen molar-refractivity contribution < 1.29 is 17.9 Å². The standard InChI is InChI=1S/C36H30ClN5O4S2/c37-28-13-15-31(16-14-28)47-25-34-33(36(43)42(38-34)30-9-5-2-6-10-30)23-27-24-41(29-7-3-1-4-8-29)39-35(27)26-11-17-32(18-12-26)48(44,45)40-19-21-46-22-20-40/h1-18,23-24H,19-22,25H2. The number of thioether (sulfide) groups is 1. The van der Waals surface area contributed by atoms with Gasteiger partial charge in [0.1, 0.15) is 0 Å². The van der Waals surface area contributed by atoms with Gasteiger partial charge in [-0.1, -0.05) is 60.1 Å². The molecule has 242 valence electrons. The lowest BCUT2D eigenvalue weighted by molar-refractivity contribution is -0.114. The number of ether oxygens (including phenoxy) is 1. The van der Waals surface area contributed by atoms with Gasteiger partial charge in [-0.25, -0.2) is 13.1 Å². The van der Waals surface area contributed by atoms with Crippen LogP contribution >= 0.6 is 23.4 Å². The van der Waals surface area contributed by atoms with Crippen molar-refractivity contribution in [2.45, 2.75) is 9.79 Å². The third kappa shape index (κ3) is 6.73.